The van der Waals surface area contributed by atoms with Gasteiger partial charge in [-0.25, -0.2) is 13.0 Å². The minimum Gasteiger partial charge on any atom is -0.350 e. The van der Waals surface area contributed by atoms with E-state index < -0.39 is 10.0 Å². The number of nitrogens with one attached hydrogen (secondary N) is 1. The Balaban J connectivity index is 1.88. The van der Waals surface area contributed by atoms with Crippen molar-refractivity contribution in [1.29, 1.82) is 0 Å². The van der Waals surface area contributed by atoms with Gasteiger partial charge in [0, 0.05) is 14.0 Å². The number of fused-ring (bicyclic) bond motifs is 1. The Morgan fingerprint density at radius 2 is 2.16 bits per heavy atom. The number of aromatic nitrogens is 2. The van der Waals surface area contributed by atoms with Crippen LogP contribution in [0.25, 0.3) is 0 Å². The van der Waals surface area contributed by atoms with Crippen LogP contribution in [0.3, 0.4) is 0 Å². The van der Waals surface area contributed by atoms with Gasteiger partial charge in [0.05, 0.1) is 17.5 Å². The van der Waals surface area contributed by atoms with Gasteiger partial charge in [0.25, 0.3) is 0 Å². The van der Waals surface area contributed by atoms with Crippen molar-refractivity contribution < 1.29 is 17.8 Å². The fourth-order valence-electron chi connectivity index (χ4n) is 3.00. The van der Waals surface area contributed by atoms with E-state index in [1.807, 2.05) is 6.07 Å². The molecule has 0 spiro atoms. The lowest BCUT2D eigenvalue weighted by Gasteiger charge is -2.18. The lowest BCUT2D eigenvalue weighted by Crippen LogP contribution is -2.27. The molecule has 2 aromatic rings. The Kier molecular flexibility index (Phi) is 4.61. The second kappa shape index (κ2) is 6.57. The van der Waals surface area contributed by atoms with Gasteiger partial charge in [0.1, 0.15) is 11.4 Å². The molecule has 0 saturated carbocycles. The highest BCUT2D eigenvalue weighted by Crippen LogP contribution is 2.33. The van der Waals surface area contributed by atoms with E-state index in [0.29, 0.717) is 11.4 Å². The molecule has 1 atom stereocenters. The zero-order chi connectivity index (χ0) is 18.2. The monoisotopic (exact) mass is 364 g/mol. The van der Waals surface area contributed by atoms with Crippen molar-refractivity contribution in [3.63, 3.8) is 0 Å². The van der Waals surface area contributed by atoms with E-state index in [9.17, 15) is 13.2 Å². The average Bonchev–Trinajstić information content (AvgIpc) is 3.13. The third-order valence-electron chi connectivity index (χ3n) is 4.40. The van der Waals surface area contributed by atoms with E-state index in [-0.39, 0.29) is 23.4 Å². The van der Waals surface area contributed by atoms with E-state index in [2.05, 4.69) is 20.3 Å². The van der Waals surface area contributed by atoms with Crippen LogP contribution in [0.4, 0.5) is 0 Å². The maximum absolute atomic E-state index is 12.9. The van der Waals surface area contributed by atoms with Crippen molar-refractivity contribution in [2.24, 2.45) is 0 Å². The molecule has 0 fully saturated rings. The molecule has 1 aliphatic carbocycles. The summed E-state index contributed by atoms with van der Waals surface area (Å²) in [6.07, 6.45) is 1.60. The molecule has 1 aromatic heterocycles. The number of nitrogens with zero attached hydrogens (tertiary/aromatic N) is 3. The first-order valence-corrected chi connectivity index (χ1v) is 9.37. The number of aryl methyl sites for hydroxylation is 2. The Bertz CT molecular complexity index is 907. The predicted molar refractivity (Wildman–Crippen MR) is 89.0 cm³/mol. The normalized spacial score (nSPS) is 16.9. The van der Waals surface area contributed by atoms with Crippen LogP contribution in [0.15, 0.2) is 27.7 Å². The first-order valence-electron chi connectivity index (χ1n) is 7.93. The smallest absolute Gasteiger partial charge is 0.243 e. The average molecular weight is 364 g/mol. The SMILES string of the molecule is CC(=O)N[C@@H]1CCc2ccc(S(=O)(=O)N(C)Cc3nonc3C)cc21. The molecule has 0 saturated heterocycles. The zero-order valence-corrected chi connectivity index (χ0v) is 15.1. The number of carbonyl (C=O) groups excluding carboxylic acids is 1. The molecule has 1 aliphatic rings. The van der Waals surface area contributed by atoms with Crippen LogP contribution in [0, 0.1) is 6.92 Å². The maximum atomic E-state index is 12.9. The summed E-state index contributed by atoms with van der Waals surface area (Å²) in [5.41, 5.74) is 2.96. The van der Waals surface area contributed by atoms with E-state index in [1.54, 1.807) is 19.1 Å². The van der Waals surface area contributed by atoms with Crippen molar-refractivity contribution in [3.8, 4) is 0 Å². The quantitative estimate of drug-likeness (QED) is 0.858. The summed E-state index contributed by atoms with van der Waals surface area (Å²) in [7, 11) is -2.21. The Morgan fingerprint density at radius 3 is 2.80 bits per heavy atom. The van der Waals surface area contributed by atoms with E-state index in [0.717, 1.165) is 24.0 Å². The summed E-state index contributed by atoms with van der Waals surface area (Å²) in [5, 5.41) is 10.3. The van der Waals surface area contributed by atoms with Crippen LogP contribution in [0.1, 0.15) is 41.9 Å². The van der Waals surface area contributed by atoms with Gasteiger partial charge in [-0.3, -0.25) is 4.79 Å². The molecule has 0 bridgehead atoms. The molecular formula is C16H20N4O4S. The molecule has 3 rings (SSSR count). The summed E-state index contributed by atoms with van der Waals surface area (Å²) in [6.45, 7) is 3.24. The first kappa shape index (κ1) is 17.6. The van der Waals surface area contributed by atoms with Gasteiger partial charge in [-0.15, -0.1) is 0 Å². The predicted octanol–water partition coefficient (Wildman–Crippen LogP) is 1.32. The topological polar surface area (TPSA) is 105 Å². The summed E-state index contributed by atoms with van der Waals surface area (Å²) in [5.74, 6) is -0.128. The molecule has 8 nitrogen and oxygen atoms in total. The van der Waals surface area contributed by atoms with E-state index in [1.165, 1.54) is 18.3 Å². The Hall–Kier alpha value is -2.26. The van der Waals surface area contributed by atoms with Gasteiger partial charge in [0.2, 0.25) is 15.9 Å². The molecule has 0 unspecified atom stereocenters. The number of carbonyl (C=O) groups is 1. The summed E-state index contributed by atoms with van der Waals surface area (Å²) in [6, 6.07) is 4.94. The lowest BCUT2D eigenvalue weighted by atomic mass is 10.1. The fourth-order valence-corrected chi connectivity index (χ4v) is 4.17. The number of benzene rings is 1. The molecule has 9 heteroatoms. The van der Waals surface area contributed by atoms with E-state index in [4.69, 9.17) is 0 Å². The summed E-state index contributed by atoms with van der Waals surface area (Å²) >= 11 is 0. The zero-order valence-electron chi connectivity index (χ0n) is 14.3. The minimum absolute atomic E-state index is 0.0733. The highest BCUT2D eigenvalue weighted by Gasteiger charge is 2.28. The van der Waals surface area contributed by atoms with Crippen molar-refractivity contribution in [3.05, 3.63) is 40.7 Å². The van der Waals surface area contributed by atoms with Crippen molar-refractivity contribution in [2.45, 2.75) is 44.2 Å². The van der Waals surface area contributed by atoms with Crippen LogP contribution < -0.4 is 5.32 Å². The van der Waals surface area contributed by atoms with Gasteiger partial charge in [-0.05, 0) is 43.0 Å². The third-order valence-corrected chi connectivity index (χ3v) is 6.20. The van der Waals surface area contributed by atoms with Crippen LogP contribution >= 0.6 is 0 Å². The lowest BCUT2D eigenvalue weighted by molar-refractivity contribution is -0.119. The van der Waals surface area contributed by atoms with Crippen LogP contribution in [-0.4, -0.2) is 36.0 Å². The van der Waals surface area contributed by atoms with Gasteiger partial charge >= 0.3 is 0 Å². The largest absolute Gasteiger partial charge is 0.350 e. The summed E-state index contributed by atoms with van der Waals surface area (Å²) in [4.78, 5) is 11.5. The molecule has 1 aromatic carbocycles. The standard InChI is InChI=1S/C16H20N4O4S/c1-10-16(19-24-18-10)9-20(3)25(22,23)13-6-4-12-5-7-15(14(12)8-13)17-11(2)21/h4,6,8,15H,5,7,9H2,1-3H3,(H,17,21)/t15-/m1/s1. The van der Waals surface area contributed by atoms with Crippen LogP contribution in [0.2, 0.25) is 0 Å². The molecule has 1 N–H and O–H groups in total. The highest BCUT2D eigenvalue weighted by molar-refractivity contribution is 7.89. The molecule has 134 valence electrons. The number of hydrogen-bond donors (Lipinski definition) is 1. The van der Waals surface area contributed by atoms with Gasteiger partial charge in [-0.1, -0.05) is 16.4 Å². The number of amides is 1. The van der Waals surface area contributed by atoms with Gasteiger partial charge in [0.15, 0.2) is 0 Å². The molecular weight excluding hydrogens is 344 g/mol. The first-order chi connectivity index (χ1) is 11.8. The van der Waals surface area contributed by atoms with Gasteiger partial charge in [-0.2, -0.15) is 4.31 Å². The second-order valence-electron chi connectivity index (χ2n) is 6.21. The highest BCUT2D eigenvalue weighted by atomic mass is 32.2. The molecule has 0 aliphatic heterocycles. The Morgan fingerprint density at radius 1 is 1.40 bits per heavy atom. The minimum atomic E-state index is -3.69. The number of rotatable bonds is 5. The van der Waals surface area contributed by atoms with Crippen molar-refractivity contribution in [2.75, 3.05) is 7.05 Å². The molecule has 1 amide bonds. The van der Waals surface area contributed by atoms with Crippen molar-refractivity contribution >= 4 is 15.9 Å². The fraction of sp³-hybridized carbons (Fsp3) is 0.438. The van der Waals surface area contributed by atoms with Crippen molar-refractivity contribution in [1.82, 2.24) is 19.9 Å². The maximum Gasteiger partial charge on any atom is 0.243 e. The molecule has 0 radical (unpaired) electrons. The van der Waals surface area contributed by atoms with Crippen LogP contribution in [-0.2, 0) is 27.8 Å². The number of sulfonamides is 1. The van der Waals surface area contributed by atoms with E-state index >= 15 is 0 Å². The molecule has 1 heterocycles. The third kappa shape index (κ3) is 3.42. The Labute approximate surface area is 146 Å². The molecule has 25 heavy (non-hydrogen) atoms. The van der Waals surface area contributed by atoms with Gasteiger partial charge < -0.3 is 5.32 Å². The number of hydrogen-bond acceptors (Lipinski definition) is 6. The van der Waals surface area contributed by atoms with Crippen LogP contribution in [0.5, 0.6) is 0 Å². The second-order valence-corrected chi connectivity index (χ2v) is 8.25. The summed E-state index contributed by atoms with van der Waals surface area (Å²) < 4.78 is 31.5.